The van der Waals surface area contributed by atoms with Crippen LogP contribution < -0.4 is 11.1 Å². The molecule has 2 aromatic carbocycles. The van der Waals surface area contributed by atoms with E-state index in [-0.39, 0.29) is 27.5 Å². The van der Waals surface area contributed by atoms with Crippen molar-refractivity contribution in [2.75, 3.05) is 5.32 Å². The minimum absolute atomic E-state index is 0.0390. The topological polar surface area (TPSA) is 38.0 Å². The molecule has 0 saturated heterocycles. The molecule has 0 fully saturated rings. The molecule has 0 radical (unpaired) electrons. The predicted molar refractivity (Wildman–Crippen MR) is 76.7 cm³/mol. The lowest BCUT2D eigenvalue weighted by atomic mass is 10.1. The highest BCUT2D eigenvalue weighted by Crippen LogP contribution is 2.26. The van der Waals surface area contributed by atoms with Crippen LogP contribution in [-0.4, -0.2) is 4.99 Å². The van der Waals surface area contributed by atoms with Crippen molar-refractivity contribution >= 4 is 28.6 Å². The number of aryl methyl sites for hydroxylation is 1. The summed E-state index contributed by atoms with van der Waals surface area (Å²) in [7, 11) is 0. The van der Waals surface area contributed by atoms with Gasteiger partial charge in [-0.3, -0.25) is 0 Å². The number of nitrogens with two attached hydrogens (primary N) is 1. The summed E-state index contributed by atoms with van der Waals surface area (Å²) in [6.45, 7) is 1.45. The molecule has 0 aliphatic rings. The van der Waals surface area contributed by atoms with Crippen LogP contribution in [0.1, 0.15) is 11.1 Å². The van der Waals surface area contributed by atoms with Crippen molar-refractivity contribution in [1.82, 2.24) is 0 Å². The third kappa shape index (κ3) is 2.75. The second kappa shape index (κ2) is 5.50. The van der Waals surface area contributed by atoms with E-state index < -0.39 is 17.5 Å². The summed E-state index contributed by atoms with van der Waals surface area (Å²) >= 11 is 4.76. The first-order valence-corrected chi connectivity index (χ1v) is 6.12. The van der Waals surface area contributed by atoms with Gasteiger partial charge in [-0.1, -0.05) is 18.3 Å². The number of rotatable bonds is 3. The standard InChI is InChI=1S/C14H11F3N2S/c1-7-5-10(17)12(6-9(7)16)19-11-4-2-3-8(15)13(11)14(18)20/h2-6,19H,1H3,(H2,18,20). The molecular formula is C14H11F3N2S. The fourth-order valence-electron chi connectivity index (χ4n) is 1.77. The Morgan fingerprint density at radius 3 is 2.40 bits per heavy atom. The first-order chi connectivity index (χ1) is 9.40. The zero-order chi connectivity index (χ0) is 14.9. The largest absolute Gasteiger partial charge is 0.389 e. The SMILES string of the molecule is Cc1cc(F)c(Nc2cccc(F)c2C(N)=S)cc1F. The summed E-state index contributed by atoms with van der Waals surface area (Å²) in [4.78, 5) is -0.168. The van der Waals surface area contributed by atoms with Crippen LogP contribution >= 0.6 is 12.2 Å². The number of halogens is 3. The van der Waals surface area contributed by atoms with Crippen LogP contribution in [0.15, 0.2) is 30.3 Å². The minimum Gasteiger partial charge on any atom is -0.389 e. The molecule has 2 aromatic rings. The summed E-state index contributed by atoms with van der Waals surface area (Å²) < 4.78 is 40.9. The van der Waals surface area contributed by atoms with E-state index in [4.69, 9.17) is 18.0 Å². The van der Waals surface area contributed by atoms with Gasteiger partial charge in [0.2, 0.25) is 0 Å². The Kier molecular flexibility index (Phi) is 3.94. The highest BCUT2D eigenvalue weighted by Gasteiger charge is 2.14. The normalized spacial score (nSPS) is 10.4. The lowest BCUT2D eigenvalue weighted by Crippen LogP contribution is -2.14. The zero-order valence-corrected chi connectivity index (χ0v) is 11.3. The van der Waals surface area contributed by atoms with Crippen molar-refractivity contribution in [2.24, 2.45) is 5.73 Å². The van der Waals surface area contributed by atoms with E-state index >= 15 is 0 Å². The molecular weight excluding hydrogens is 285 g/mol. The summed E-state index contributed by atoms with van der Waals surface area (Å²) in [5, 5.41) is 2.61. The molecule has 0 aromatic heterocycles. The number of anilines is 2. The third-order valence-electron chi connectivity index (χ3n) is 2.78. The minimum atomic E-state index is -0.651. The van der Waals surface area contributed by atoms with Crippen molar-refractivity contribution in [3.05, 3.63) is 58.9 Å². The van der Waals surface area contributed by atoms with E-state index in [1.165, 1.54) is 25.1 Å². The molecule has 2 rings (SSSR count). The third-order valence-corrected chi connectivity index (χ3v) is 2.98. The molecule has 20 heavy (non-hydrogen) atoms. The highest BCUT2D eigenvalue weighted by atomic mass is 32.1. The van der Waals surface area contributed by atoms with Gasteiger partial charge in [-0.05, 0) is 30.7 Å². The Morgan fingerprint density at radius 2 is 1.75 bits per heavy atom. The maximum Gasteiger partial charge on any atom is 0.147 e. The average molecular weight is 296 g/mol. The molecule has 0 saturated carbocycles. The quantitative estimate of drug-likeness (QED) is 0.846. The van der Waals surface area contributed by atoms with Gasteiger partial charge in [-0.2, -0.15) is 0 Å². The molecule has 0 atom stereocenters. The van der Waals surface area contributed by atoms with Crippen LogP contribution in [0.4, 0.5) is 24.5 Å². The number of benzene rings is 2. The van der Waals surface area contributed by atoms with Gasteiger partial charge in [-0.15, -0.1) is 0 Å². The number of hydrogen-bond acceptors (Lipinski definition) is 2. The Hall–Kier alpha value is -2.08. The monoisotopic (exact) mass is 296 g/mol. The van der Waals surface area contributed by atoms with Crippen molar-refractivity contribution in [3.8, 4) is 0 Å². The van der Waals surface area contributed by atoms with Gasteiger partial charge in [-0.25, -0.2) is 13.2 Å². The van der Waals surface area contributed by atoms with Gasteiger partial charge in [0, 0.05) is 6.07 Å². The van der Waals surface area contributed by atoms with Crippen LogP contribution in [0.25, 0.3) is 0 Å². The molecule has 2 nitrogen and oxygen atoms in total. The maximum absolute atomic E-state index is 13.8. The second-order valence-corrected chi connectivity index (χ2v) is 4.67. The Bertz CT molecular complexity index is 686. The molecule has 0 unspecified atom stereocenters. The van der Waals surface area contributed by atoms with Gasteiger partial charge in [0.15, 0.2) is 0 Å². The van der Waals surface area contributed by atoms with Gasteiger partial charge >= 0.3 is 0 Å². The number of thiocarbonyl (C=S) groups is 1. The Morgan fingerprint density at radius 1 is 1.05 bits per heavy atom. The van der Waals surface area contributed by atoms with Gasteiger partial charge in [0.05, 0.1) is 16.9 Å². The van der Waals surface area contributed by atoms with Crippen LogP contribution in [0.5, 0.6) is 0 Å². The molecule has 0 amide bonds. The summed E-state index contributed by atoms with van der Waals surface area (Å²) in [5.41, 5.74) is 5.65. The van der Waals surface area contributed by atoms with Gasteiger partial charge in [0.1, 0.15) is 22.4 Å². The van der Waals surface area contributed by atoms with Crippen LogP contribution in [0.3, 0.4) is 0 Å². The van der Waals surface area contributed by atoms with E-state index in [0.29, 0.717) is 0 Å². The molecule has 0 heterocycles. The van der Waals surface area contributed by atoms with E-state index in [9.17, 15) is 13.2 Å². The molecule has 104 valence electrons. The van der Waals surface area contributed by atoms with Gasteiger partial charge in [0.25, 0.3) is 0 Å². The summed E-state index contributed by atoms with van der Waals surface area (Å²) in [6.07, 6.45) is 0. The lowest BCUT2D eigenvalue weighted by Gasteiger charge is -2.13. The molecule has 0 spiro atoms. The maximum atomic E-state index is 13.8. The van der Waals surface area contributed by atoms with Crippen molar-refractivity contribution in [1.29, 1.82) is 0 Å². The van der Waals surface area contributed by atoms with E-state index in [2.05, 4.69) is 5.32 Å². The predicted octanol–water partition coefficient (Wildman–Crippen LogP) is 3.79. The summed E-state index contributed by atoms with van der Waals surface area (Å²) in [6, 6.07) is 6.14. The zero-order valence-electron chi connectivity index (χ0n) is 10.5. The molecule has 0 bridgehead atoms. The fraction of sp³-hybridized carbons (Fsp3) is 0.0714. The van der Waals surface area contributed by atoms with Crippen LogP contribution in [0, 0.1) is 24.4 Å². The Labute approximate surface area is 119 Å². The van der Waals surface area contributed by atoms with Crippen molar-refractivity contribution < 1.29 is 13.2 Å². The number of nitrogens with one attached hydrogen (secondary N) is 1. The first-order valence-electron chi connectivity index (χ1n) is 5.71. The first kappa shape index (κ1) is 14.3. The smallest absolute Gasteiger partial charge is 0.147 e. The molecule has 0 aliphatic heterocycles. The average Bonchev–Trinajstić information content (AvgIpc) is 2.35. The fourth-order valence-corrected chi connectivity index (χ4v) is 1.97. The van der Waals surface area contributed by atoms with E-state index in [1.807, 2.05) is 0 Å². The molecule has 6 heteroatoms. The van der Waals surface area contributed by atoms with E-state index in [0.717, 1.165) is 12.1 Å². The van der Waals surface area contributed by atoms with Crippen molar-refractivity contribution in [2.45, 2.75) is 6.92 Å². The molecule has 3 N–H and O–H groups in total. The number of hydrogen-bond donors (Lipinski definition) is 2. The Balaban J connectivity index is 2.48. The van der Waals surface area contributed by atoms with Crippen LogP contribution in [-0.2, 0) is 0 Å². The second-order valence-electron chi connectivity index (χ2n) is 4.23. The summed E-state index contributed by atoms with van der Waals surface area (Å²) in [5.74, 6) is -1.85. The molecule has 0 aliphatic carbocycles. The van der Waals surface area contributed by atoms with Crippen LogP contribution in [0.2, 0.25) is 0 Å². The van der Waals surface area contributed by atoms with Crippen molar-refractivity contribution in [3.63, 3.8) is 0 Å². The highest BCUT2D eigenvalue weighted by molar-refractivity contribution is 7.80. The lowest BCUT2D eigenvalue weighted by molar-refractivity contribution is 0.595. The van der Waals surface area contributed by atoms with Gasteiger partial charge < -0.3 is 11.1 Å². The van der Waals surface area contributed by atoms with E-state index in [1.54, 1.807) is 0 Å².